The molecule has 0 aliphatic rings. The third-order valence-corrected chi connectivity index (χ3v) is 7.08. The van der Waals surface area contributed by atoms with Gasteiger partial charge in [0.25, 0.3) is 11.8 Å². The standard InChI is InChI=1S/C25H23ClN6O3S2/c1-13-4-5-22(34-3)23(6-13)37-32-20-9-16(11-29-25(20)35-26)15-7-18(28)17(10-27)19(8-15)31-24(33)21-12-36-14(2)30-21/h4-12,27,32H,28H2,1-3H3,(H,31,33). The molecule has 0 aliphatic heterocycles. The number of carbonyl (C=O) groups is 1. The summed E-state index contributed by atoms with van der Waals surface area (Å²) in [6, 6.07) is 11.1. The number of rotatable bonds is 9. The molecule has 2 aromatic heterocycles. The van der Waals surface area contributed by atoms with E-state index in [-0.39, 0.29) is 11.8 Å². The summed E-state index contributed by atoms with van der Waals surface area (Å²) in [5, 5.41) is 13.1. The number of anilines is 3. The van der Waals surface area contributed by atoms with Crippen molar-refractivity contribution in [1.29, 1.82) is 5.41 Å². The Labute approximate surface area is 227 Å². The Morgan fingerprint density at radius 3 is 2.65 bits per heavy atom. The molecule has 190 valence electrons. The predicted octanol–water partition coefficient (Wildman–Crippen LogP) is 6.31. The molecular formula is C25H23ClN6O3S2. The minimum atomic E-state index is -0.390. The first-order chi connectivity index (χ1) is 17.8. The van der Waals surface area contributed by atoms with E-state index in [1.165, 1.54) is 23.3 Å². The summed E-state index contributed by atoms with van der Waals surface area (Å²) >= 11 is 8.37. The van der Waals surface area contributed by atoms with E-state index in [1.807, 2.05) is 32.0 Å². The number of thiazole rings is 1. The second kappa shape index (κ2) is 11.5. The largest absolute Gasteiger partial charge is 0.496 e. The van der Waals surface area contributed by atoms with Gasteiger partial charge in [-0.25, -0.2) is 9.97 Å². The number of hydrogen-bond acceptors (Lipinski definition) is 10. The number of benzene rings is 2. The van der Waals surface area contributed by atoms with E-state index < -0.39 is 0 Å². The first kappa shape index (κ1) is 26.3. The molecule has 0 atom stereocenters. The van der Waals surface area contributed by atoms with E-state index in [0.29, 0.717) is 45.2 Å². The van der Waals surface area contributed by atoms with Crippen molar-refractivity contribution in [1.82, 2.24) is 9.97 Å². The van der Waals surface area contributed by atoms with Crippen LogP contribution in [-0.4, -0.2) is 29.2 Å². The second-order valence-electron chi connectivity index (χ2n) is 7.89. The molecule has 4 rings (SSSR count). The van der Waals surface area contributed by atoms with Gasteiger partial charge in [-0.1, -0.05) is 6.07 Å². The molecule has 9 nitrogen and oxygen atoms in total. The van der Waals surface area contributed by atoms with Crippen LogP contribution >= 0.6 is 35.2 Å². The van der Waals surface area contributed by atoms with E-state index >= 15 is 0 Å². The molecule has 0 spiro atoms. The summed E-state index contributed by atoms with van der Waals surface area (Å²) in [4.78, 5) is 22.1. The number of carbonyl (C=O) groups excluding carboxylic acids is 1. The lowest BCUT2D eigenvalue weighted by Crippen LogP contribution is -2.14. The summed E-state index contributed by atoms with van der Waals surface area (Å²) in [6.45, 7) is 3.82. The smallest absolute Gasteiger partial charge is 0.275 e. The zero-order chi connectivity index (χ0) is 26.5. The molecule has 37 heavy (non-hydrogen) atoms. The first-order valence-electron chi connectivity index (χ1n) is 10.9. The van der Waals surface area contributed by atoms with Crippen molar-refractivity contribution in [2.45, 2.75) is 18.7 Å². The van der Waals surface area contributed by atoms with Crippen LogP contribution < -0.4 is 24.8 Å². The number of hydrogen-bond donors (Lipinski definition) is 4. The fourth-order valence-electron chi connectivity index (χ4n) is 3.48. The quantitative estimate of drug-likeness (QED) is 0.107. The van der Waals surface area contributed by atoms with Gasteiger partial charge in [0, 0.05) is 34.6 Å². The van der Waals surface area contributed by atoms with Gasteiger partial charge in [-0.3, -0.25) is 4.79 Å². The second-order valence-corrected chi connectivity index (χ2v) is 9.95. The third-order valence-electron chi connectivity index (χ3n) is 5.30. The van der Waals surface area contributed by atoms with Crippen LogP contribution in [0.3, 0.4) is 0 Å². The highest BCUT2D eigenvalue weighted by Gasteiger charge is 2.16. The molecule has 0 aliphatic carbocycles. The van der Waals surface area contributed by atoms with Crippen LogP contribution in [0.2, 0.25) is 0 Å². The van der Waals surface area contributed by atoms with Gasteiger partial charge in [-0.05, 0) is 67.3 Å². The molecule has 0 saturated carbocycles. The van der Waals surface area contributed by atoms with Crippen molar-refractivity contribution in [3.8, 4) is 22.8 Å². The zero-order valence-electron chi connectivity index (χ0n) is 20.1. The molecule has 0 unspecified atom stereocenters. The van der Waals surface area contributed by atoms with Crippen LogP contribution in [-0.2, 0) is 0 Å². The average molecular weight is 555 g/mol. The summed E-state index contributed by atoms with van der Waals surface area (Å²) in [7, 11) is 1.61. The number of halogens is 1. The Bertz CT molecular complexity index is 1480. The van der Waals surface area contributed by atoms with Gasteiger partial charge in [0.15, 0.2) is 0 Å². The number of nitrogens with one attached hydrogen (secondary N) is 3. The van der Waals surface area contributed by atoms with Crippen LogP contribution in [0.1, 0.15) is 26.6 Å². The van der Waals surface area contributed by atoms with Gasteiger partial charge >= 0.3 is 0 Å². The van der Waals surface area contributed by atoms with Crippen LogP contribution in [0, 0.1) is 19.3 Å². The molecule has 12 heteroatoms. The van der Waals surface area contributed by atoms with Crippen molar-refractivity contribution in [2.24, 2.45) is 0 Å². The van der Waals surface area contributed by atoms with Gasteiger partial charge < -0.3 is 30.2 Å². The molecule has 2 heterocycles. The number of nitrogens with zero attached hydrogens (tertiary/aromatic N) is 2. The number of amides is 1. The van der Waals surface area contributed by atoms with E-state index in [0.717, 1.165) is 21.7 Å². The Kier molecular flexibility index (Phi) is 8.17. The molecular weight excluding hydrogens is 532 g/mol. The molecule has 1 amide bonds. The minimum Gasteiger partial charge on any atom is -0.496 e. The highest BCUT2D eigenvalue weighted by Crippen LogP contribution is 2.37. The summed E-state index contributed by atoms with van der Waals surface area (Å²) in [5.74, 6) is 0.506. The molecule has 4 aromatic rings. The highest BCUT2D eigenvalue weighted by atomic mass is 35.5. The van der Waals surface area contributed by atoms with Gasteiger partial charge in [-0.15, -0.1) is 11.3 Å². The lowest BCUT2D eigenvalue weighted by atomic mass is 10.0. The molecule has 0 radical (unpaired) electrons. The highest BCUT2D eigenvalue weighted by molar-refractivity contribution is 8.00. The maximum Gasteiger partial charge on any atom is 0.275 e. The SMILES string of the molecule is COc1ccc(C)cc1SNc1cc(-c2cc(N)c(C=N)c(NC(=O)c3csc(C)n3)c2)cnc1OCl. The molecule has 0 bridgehead atoms. The topological polar surface area (TPSA) is 135 Å². The Hall–Kier alpha value is -3.80. The molecule has 0 fully saturated rings. The Morgan fingerprint density at radius 2 is 1.97 bits per heavy atom. The van der Waals surface area contributed by atoms with Crippen molar-refractivity contribution in [3.05, 3.63) is 69.8 Å². The number of aromatic nitrogens is 2. The summed E-state index contributed by atoms with van der Waals surface area (Å²) < 4.78 is 13.6. The number of ether oxygens (including phenoxy) is 1. The van der Waals surface area contributed by atoms with Crippen molar-refractivity contribution in [2.75, 3.05) is 22.9 Å². The number of aryl methyl sites for hydroxylation is 2. The van der Waals surface area contributed by atoms with Crippen molar-refractivity contribution >= 4 is 64.3 Å². The number of nitrogens with two attached hydrogens (primary N) is 1. The van der Waals surface area contributed by atoms with Crippen LogP contribution in [0.15, 0.2) is 52.9 Å². The van der Waals surface area contributed by atoms with Crippen molar-refractivity contribution in [3.63, 3.8) is 0 Å². The van der Waals surface area contributed by atoms with E-state index in [1.54, 1.807) is 36.9 Å². The summed E-state index contributed by atoms with van der Waals surface area (Å²) in [5.41, 5.74) is 10.6. The average Bonchev–Trinajstić information content (AvgIpc) is 3.33. The Morgan fingerprint density at radius 1 is 1.19 bits per heavy atom. The fourth-order valence-corrected chi connectivity index (χ4v) is 5.06. The minimum absolute atomic E-state index is 0.182. The van der Waals surface area contributed by atoms with Gasteiger partial charge in [0.2, 0.25) is 0 Å². The third kappa shape index (κ3) is 5.96. The molecule has 2 aromatic carbocycles. The van der Waals surface area contributed by atoms with E-state index in [4.69, 9.17) is 32.0 Å². The normalized spacial score (nSPS) is 10.6. The lowest BCUT2D eigenvalue weighted by molar-refractivity contribution is 0.102. The molecule has 5 N–H and O–H groups in total. The number of pyridine rings is 1. The number of nitrogen functional groups attached to an aromatic ring is 1. The van der Waals surface area contributed by atoms with Gasteiger partial charge in [0.1, 0.15) is 29.0 Å². The van der Waals surface area contributed by atoms with Crippen LogP contribution in [0.25, 0.3) is 11.1 Å². The van der Waals surface area contributed by atoms with Crippen molar-refractivity contribution < 1.29 is 13.8 Å². The maximum absolute atomic E-state index is 12.7. The maximum atomic E-state index is 12.7. The van der Waals surface area contributed by atoms with E-state index in [2.05, 4.69) is 20.0 Å². The first-order valence-corrected chi connectivity index (χ1v) is 12.9. The van der Waals surface area contributed by atoms with Gasteiger partial charge in [0.05, 0.1) is 22.7 Å². The molecule has 0 saturated heterocycles. The zero-order valence-corrected chi connectivity index (χ0v) is 22.5. The van der Waals surface area contributed by atoms with Gasteiger partial charge in [-0.2, -0.15) is 0 Å². The predicted molar refractivity (Wildman–Crippen MR) is 150 cm³/mol. The van der Waals surface area contributed by atoms with Crippen LogP contribution in [0.5, 0.6) is 11.6 Å². The fraction of sp³-hybridized carbons (Fsp3) is 0.120. The number of methoxy groups -OCH3 is 1. The Balaban J connectivity index is 1.67. The summed E-state index contributed by atoms with van der Waals surface area (Å²) in [6.07, 6.45) is 2.68. The monoisotopic (exact) mass is 554 g/mol. The lowest BCUT2D eigenvalue weighted by Gasteiger charge is -2.15. The van der Waals surface area contributed by atoms with Crippen LogP contribution in [0.4, 0.5) is 17.1 Å². The van der Waals surface area contributed by atoms with E-state index in [9.17, 15) is 4.79 Å².